The first-order valence-electron chi connectivity index (χ1n) is 7.24. The number of hydrogen-bond acceptors (Lipinski definition) is 1. The molecule has 0 saturated carbocycles. The molecule has 0 radical (unpaired) electrons. The van der Waals surface area contributed by atoms with Crippen molar-refractivity contribution in [2.45, 2.75) is 0 Å². The Balaban J connectivity index is 2.67. The number of benzene rings is 2. The van der Waals surface area contributed by atoms with Gasteiger partial charge in [0.05, 0.1) is 9.60 Å². The molecule has 0 fully saturated rings. The zero-order valence-electron chi connectivity index (χ0n) is 13.5. The maximum Gasteiger partial charge on any atom is 0.0638 e. The van der Waals surface area contributed by atoms with Crippen LogP contribution in [-0.2, 0) is 0 Å². The lowest BCUT2D eigenvalue weighted by Gasteiger charge is -1.88. The molecule has 62 valence electrons. The lowest BCUT2D eigenvalue weighted by molar-refractivity contribution is 1.84. The van der Waals surface area contributed by atoms with Crippen molar-refractivity contribution in [3.63, 3.8) is 0 Å². The van der Waals surface area contributed by atoms with Crippen LogP contribution < -0.4 is 0 Å². The molecular weight excluding hydrogens is 176 g/mol. The molecule has 0 atom stereocenters. The van der Waals surface area contributed by atoms with E-state index in [9.17, 15) is 0 Å². The third kappa shape index (κ3) is 0.973. The van der Waals surface area contributed by atoms with Gasteiger partial charge in [0.1, 0.15) is 0 Å². The van der Waals surface area contributed by atoms with Crippen LogP contribution in [0.15, 0.2) is 48.4 Å². The van der Waals surface area contributed by atoms with Gasteiger partial charge in [-0.05, 0) is 12.1 Å². The molecule has 0 N–H and O–H groups in total. The van der Waals surface area contributed by atoms with Crippen molar-refractivity contribution in [1.29, 1.82) is 0 Å². The highest BCUT2D eigenvalue weighted by Gasteiger charge is 2.01. The van der Waals surface area contributed by atoms with Crippen LogP contribution in [0.5, 0.6) is 0 Å². The molecule has 3 rings (SSSR count). The quantitative estimate of drug-likeness (QED) is 0.503. The van der Waals surface area contributed by atoms with E-state index in [4.69, 9.17) is 9.60 Å². The van der Waals surface area contributed by atoms with E-state index in [1.54, 1.807) is 0 Å². The number of thiophene rings is 1. The van der Waals surface area contributed by atoms with Crippen molar-refractivity contribution in [2.24, 2.45) is 0 Å². The first kappa shape index (κ1) is 3.10. The normalized spacial score (nSPS) is 18.6. The molecule has 0 amide bonds. The summed E-state index contributed by atoms with van der Waals surface area (Å²) in [5.74, 6) is 0. The molecule has 2 aromatic carbocycles. The minimum absolute atomic E-state index is 0.106. The highest BCUT2D eigenvalue weighted by molar-refractivity contribution is 7.25. The van der Waals surface area contributed by atoms with Crippen LogP contribution in [-0.4, -0.2) is 0 Å². The second kappa shape index (κ2) is 2.57. The van der Waals surface area contributed by atoms with Gasteiger partial charge in [-0.3, -0.25) is 0 Å². The zero-order valence-corrected chi connectivity index (χ0v) is 7.30. The highest BCUT2D eigenvalue weighted by Crippen LogP contribution is 2.32. The van der Waals surface area contributed by atoms with Gasteiger partial charge < -0.3 is 0 Å². The lowest BCUT2D eigenvalue weighted by atomic mass is 10.2. The fourth-order valence-corrected chi connectivity index (χ4v) is 2.21. The van der Waals surface area contributed by atoms with Crippen molar-refractivity contribution >= 4 is 31.5 Å². The van der Waals surface area contributed by atoms with Gasteiger partial charge >= 0.3 is 0 Å². The first-order chi connectivity index (χ1) is 9.34. The molecule has 3 aromatic rings. The monoisotopic (exact) mass is 191 g/mol. The van der Waals surface area contributed by atoms with Gasteiger partial charge in [-0.25, -0.2) is 0 Å². The van der Waals surface area contributed by atoms with Gasteiger partial charge in [-0.2, -0.15) is 0 Å². The minimum atomic E-state index is -0.324. The second-order valence-electron chi connectivity index (χ2n) is 2.59. The Morgan fingerprint density at radius 3 is 2.46 bits per heavy atom. The maximum atomic E-state index is 7.97. The molecule has 0 saturated heterocycles. The molecule has 0 aliphatic carbocycles. The van der Waals surface area contributed by atoms with Gasteiger partial charge in [-0.1, -0.05) is 36.3 Å². The molecular formula is C12H8S. The van der Waals surface area contributed by atoms with Crippen molar-refractivity contribution in [3.05, 3.63) is 48.4 Å². The third-order valence-electron chi connectivity index (χ3n) is 1.84. The van der Waals surface area contributed by atoms with Crippen LogP contribution in [0.4, 0.5) is 0 Å². The van der Waals surface area contributed by atoms with E-state index in [1.807, 2.05) is 0 Å². The minimum Gasteiger partial charge on any atom is -0.135 e. The second-order valence-corrected chi connectivity index (χ2v) is 3.61. The molecule has 1 heteroatoms. The molecule has 1 heterocycles. The number of rotatable bonds is 0. The summed E-state index contributed by atoms with van der Waals surface area (Å²) in [6, 6.07) is 0.0469. The average Bonchev–Trinajstić information content (AvgIpc) is 2.80. The third-order valence-corrected chi connectivity index (χ3v) is 2.87. The summed E-state index contributed by atoms with van der Waals surface area (Å²) in [6.45, 7) is 0. The molecule has 0 spiro atoms. The Labute approximate surface area is 90.3 Å². The van der Waals surface area contributed by atoms with Crippen LogP contribution in [0.2, 0.25) is 0 Å². The number of hydrogen-bond donors (Lipinski definition) is 0. The average molecular weight is 191 g/mol. The van der Waals surface area contributed by atoms with Gasteiger partial charge in [0.2, 0.25) is 0 Å². The largest absolute Gasteiger partial charge is 0.135 e. The molecule has 13 heavy (non-hydrogen) atoms. The molecule has 0 aliphatic heterocycles. The van der Waals surface area contributed by atoms with Crippen LogP contribution >= 0.6 is 11.3 Å². The highest BCUT2D eigenvalue weighted by atomic mass is 32.1. The Bertz CT molecular complexity index is 881. The fourth-order valence-electron chi connectivity index (χ4n) is 1.27. The molecule has 1 aromatic heterocycles. The summed E-state index contributed by atoms with van der Waals surface area (Å²) in [7, 11) is 0. The van der Waals surface area contributed by atoms with Crippen molar-refractivity contribution in [3.8, 4) is 0 Å². The maximum absolute atomic E-state index is 7.97. The summed E-state index contributed by atoms with van der Waals surface area (Å²) in [6.07, 6.45) is 0. The smallest absolute Gasteiger partial charge is 0.0638 e. The number of fused-ring (bicyclic) bond motifs is 3. The van der Waals surface area contributed by atoms with Crippen LogP contribution in [0.25, 0.3) is 20.2 Å². The molecule has 0 unspecified atom stereocenters. The van der Waals surface area contributed by atoms with Gasteiger partial charge in [0.15, 0.2) is 0 Å². The zero-order chi connectivity index (χ0) is 14.8. The summed E-state index contributed by atoms with van der Waals surface area (Å²) >= 11 is 1.07. The van der Waals surface area contributed by atoms with Crippen molar-refractivity contribution < 1.29 is 9.60 Å². The predicted molar refractivity (Wildman–Crippen MR) is 59.3 cm³/mol. The van der Waals surface area contributed by atoms with Crippen LogP contribution in [0.1, 0.15) is 9.60 Å². The molecule has 0 nitrogen and oxygen atoms in total. The Morgan fingerprint density at radius 1 is 0.846 bits per heavy atom. The lowest BCUT2D eigenvalue weighted by Crippen LogP contribution is -1.62. The van der Waals surface area contributed by atoms with Crippen molar-refractivity contribution in [2.75, 3.05) is 0 Å². The molecule has 0 aliphatic rings. The Kier molecular flexibility index (Phi) is 0.615. The van der Waals surface area contributed by atoms with E-state index in [1.165, 1.54) is 6.07 Å². The van der Waals surface area contributed by atoms with Gasteiger partial charge in [0, 0.05) is 20.2 Å². The van der Waals surface area contributed by atoms with Gasteiger partial charge in [0.25, 0.3) is 0 Å². The van der Waals surface area contributed by atoms with E-state index < -0.39 is 0 Å². The topological polar surface area (TPSA) is 0 Å². The Morgan fingerprint density at radius 2 is 1.54 bits per heavy atom. The van der Waals surface area contributed by atoms with E-state index in [0.717, 1.165) is 11.3 Å². The fraction of sp³-hybridized carbons (Fsp3) is 0. The first-order valence-corrected chi connectivity index (χ1v) is 4.55. The van der Waals surface area contributed by atoms with Gasteiger partial charge in [-0.15, -0.1) is 11.3 Å². The van der Waals surface area contributed by atoms with E-state index in [-0.39, 0.29) is 42.3 Å². The molecule has 0 bridgehead atoms. The summed E-state index contributed by atoms with van der Waals surface area (Å²) in [4.78, 5) is 0. The summed E-state index contributed by atoms with van der Waals surface area (Å²) < 4.78 is 55.3. The van der Waals surface area contributed by atoms with Crippen LogP contribution in [0, 0.1) is 0 Å². The summed E-state index contributed by atoms with van der Waals surface area (Å²) in [5.41, 5.74) is 0. The standard InChI is InChI=1S/C12H8S/c1-3-7-11-9(5-1)10-6-2-4-8-12(10)13-11/h1-8H/i1D,2D,3D,4D,5D,7D,8D. The van der Waals surface area contributed by atoms with Crippen LogP contribution in [0.3, 0.4) is 0 Å². The Hall–Kier alpha value is -1.34. The van der Waals surface area contributed by atoms with E-state index in [0.29, 0.717) is 20.2 Å². The SMILES string of the molecule is [2H]c1cc2c(sc3c([2H])c([2H])c([2H])c([2H])c32)c([2H])c1[2H]. The predicted octanol–water partition coefficient (Wildman–Crippen LogP) is 4.05. The summed E-state index contributed by atoms with van der Waals surface area (Å²) in [5, 5.41) is 0.779. The van der Waals surface area contributed by atoms with Crippen molar-refractivity contribution in [1.82, 2.24) is 0 Å². The van der Waals surface area contributed by atoms with E-state index >= 15 is 0 Å². The van der Waals surface area contributed by atoms with E-state index in [2.05, 4.69) is 0 Å².